The summed E-state index contributed by atoms with van der Waals surface area (Å²) in [6.07, 6.45) is -0.906. The molecular formula is C21H24O5. The Labute approximate surface area is 153 Å². The van der Waals surface area contributed by atoms with E-state index in [1.807, 2.05) is 32.9 Å². The second-order valence-electron chi connectivity index (χ2n) is 6.31. The fourth-order valence-electron chi connectivity index (χ4n) is 2.38. The number of ketones is 1. The zero-order valence-corrected chi connectivity index (χ0v) is 15.7. The maximum Gasteiger partial charge on any atom is 0.338 e. The molecule has 2 rings (SSSR count). The number of ether oxygens (including phenoxy) is 3. The zero-order valence-electron chi connectivity index (χ0n) is 15.7. The van der Waals surface area contributed by atoms with Crippen molar-refractivity contribution < 1.29 is 23.8 Å². The van der Waals surface area contributed by atoms with Gasteiger partial charge in [-0.1, -0.05) is 29.8 Å². The van der Waals surface area contributed by atoms with E-state index in [1.165, 1.54) is 7.11 Å². The summed E-state index contributed by atoms with van der Waals surface area (Å²) in [5.41, 5.74) is 1.86. The van der Waals surface area contributed by atoms with Gasteiger partial charge < -0.3 is 14.2 Å². The van der Waals surface area contributed by atoms with Crippen molar-refractivity contribution in [3.05, 3.63) is 59.2 Å². The van der Waals surface area contributed by atoms with Gasteiger partial charge in [0.2, 0.25) is 5.78 Å². The predicted molar refractivity (Wildman–Crippen MR) is 99.1 cm³/mol. The molecule has 0 N–H and O–H groups in total. The van der Waals surface area contributed by atoms with Gasteiger partial charge in [0.25, 0.3) is 0 Å². The molecular weight excluding hydrogens is 332 g/mol. The fourth-order valence-corrected chi connectivity index (χ4v) is 2.38. The van der Waals surface area contributed by atoms with Crippen LogP contribution in [0.25, 0.3) is 0 Å². The van der Waals surface area contributed by atoms with Crippen LogP contribution in [0, 0.1) is 6.92 Å². The molecule has 26 heavy (non-hydrogen) atoms. The van der Waals surface area contributed by atoms with E-state index in [2.05, 4.69) is 0 Å². The van der Waals surface area contributed by atoms with E-state index in [0.29, 0.717) is 22.6 Å². The minimum atomic E-state index is -0.886. The number of carbonyl (C=O) groups is 2. The van der Waals surface area contributed by atoms with Crippen LogP contribution in [-0.4, -0.2) is 31.1 Å². The number of esters is 1. The van der Waals surface area contributed by atoms with E-state index in [0.717, 1.165) is 5.56 Å². The molecule has 0 heterocycles. The molecule has 0 saturated carbocycles. The Morgan fingerprint density at radius 2 is 1.50 bits per heavy atom. The van der Waals surface area contributed by atoms with E-state index in [9.17, 15) is 9.59 Å². The molecule has 5 nitrogen and oxygen atoms in total. The van der Waals surface area contributed by atoms with Gasteiger partial charge in [-0.3, -0.25) is 4.79 Å². The summed E-state index contributed by atoms with van der Waals surface area (Å²) in [5, 5.41) is 0. The van der Waals surface area contributed by atoms with Gasteiger partial charge in [-0.25, -0.2) is 4.79 Å². The molecule has 0 aliphatic rings. The van der Waals surface area contributed by atoms with Crippen LogP contribution in [0.2, 0.25) is 0 Å². The molecule has 5 heteroatoms. The monoisotopic (exact) mass is 356 g/mol. The minimum Gasteiger partial charge on any atom is -0.493 e. The third kappa shape index (κ3) is 4.85. The third-order valence-electron chi connectivity index (χ3n) is 3.75. The van der Waals surface area contributed by atoms with Crippen molar-refractivity contribution in [2.45, 2.75) is 39.9 Å². The lowest BCUT2D eigenvalue weighted by atomic mass is 10.1. The van der Waals surface area contributed by atoms with Crippen LogP contribution in [0.1, 0.15) is 47.1 Å². The summed E-state index contributed by atoms with van der Waals surface area (Å²) in [5.74, 6) is 0.144. The summed E-state index contributed by atoms with van der Waals surface area (Å²) in [7, 11) is 1.50. The van der Waals surface area contributed by atoms with Crippen LogP contribution in [0.15, 0.2) is 42.5 Å². The summed E-state index contributed by atoms with van der Waals surface area (Å²) in [6, 6.07) is 11.9. The number of aryl methyl sites for hydroxylation is 1. The molecule has 0 saturated heterocycles. The zero-order chi connectivity index (χ0) is 19.3. The number of hydrogen-bond donors (Lipinski definition) is 0. The summed E-state index contributed by atoms with van der Waals surface area (Å²) in [4.78, 5) is 24.8. The lowest BCUT2D eigenvalue weighted by molar-refractivity contribution is 0.0318. The van der Waals surface area contributed by atoms with E-state index in [4.69, 9.17) is 14.2 Å². The number of hydrogen-bond acceptors (Lipinski definition) is 5. The third-order valence-corrected chi connectivity index (χ3v) is 3.75. The van der Waals surface area contributed by atoms with Crippen molar-refractivity contribution in [2.24, 2.45) is 0 Å². The Bertz CT molecular complexity index is 777. The first-order valence-electron chi connectivity index (χ1n) is 8.48. The largest absolute Gasteiger partial charge is 0.493 e. The number of methoxy groups -OCH3 is 1. The van der Waals surface area contributed by atoms with Crippen molar-refractivity contribution in [1.82, 2.24) is 0 Å². The molecule has 1 atom stereocenters. The van der Waals surface area contributed by atoms with Crippen LogP contribution in [0.5, 0.6) is 11.5 Å². The molecule has 1 unspecified atom stereocenters. The van der Waals surface area contributed by atoms with E-state index < -0.39 is 12.1 Å². The smallest absolute Gasteiger partial charge is 0.338 e. The number of benzene rings is 2. The van der Waals surface area contributed by atoms with Gasteiger partial charge in [0.1, 0.15) is 0 Å². The number of Topliss-reactive ketones (excluding diaryl/α,β-unsaturated/α-hetero) is 1. The highest BCUT2D eigenvalue weighted by molar-refractivity contribution is 6.01. The molecule has 0 fully saturated rings. The van der Waals surface area contributed by atoms with Crippen LogP contribution in [-0.2, 0) is 4.74 Å². The Kier molecular flexibility index (Phi) is 6.39. The second-order valence-corrected chi connectivity index (χ2v) is 6.31. The molecule has 0 radical (unpaired) electrons. The summed E-state index contributed by atoms with van der Waals surface area (Å²) >= 11 is 0. The molecule has 0 amide bonds. The molecule has 0 bridgehead atoms. The Morgan fingerprint density at radius 1 is 0.885 bits per heavy atom. The van der Waals surface area contributed by atoms with Gasteiger partial charge in [0.15, 0.2) is 17.6 Å². The van der Waals surface area contributed by atoms with E-state index >= 15 is 0 Å². The molecule has 0 aliphatic carbocycles. The van der Waals surface area contributed by atoms with Crippen LogP contribution < -0.4 is 9.47 Å². The van der Waals surface area contributed by atoms with Crippen molar-refractivity contribution in [2.75, 3.05) is 7.11 Å². The average molecular weight is 356 g/mol. The maximum atomic E-state index is 12.4. The van der Waals surface area contributed by atoms with Crippen LogP contribution in [0.4, 0.5) is 0 Å². The molecule has 0 spiro atoms. The van der Waals surface area contributed by atoms with Crippen molar-refractivity contribution in [3.8, 4) is 11.5 Å². The number of rotatable bonds is 7. The van der Waals surface area contributed by atoms with Crippen molar-refractivity contribution in [3.63, 3.8) is 0 Å². The number of carbonyl (C=O) groups excluding carboxylic acids is 2. The normalized spacial score (nSPS) is 11.8. The highest BCUT2D eigenvalue weighted by atomic mass is 16.5. The molecule has 2 aromatic rings. The summed E-state index contributed by atoms with van der Waals surface area (Å²) in [6.45, 7) is 7.31. The molecule has 0 aliphatic heterocycles. The van der Waals surface area contributed by atoms with E-state index in [-0.39, 0.29) is 11.9 Å². The van der Waals surface area contributed by atoms with Crippen LogP contribution >= 0.6 is 0 Å². The fraction of sp³-hybridized carbons (Fsp3) is 0.333. The predicted octanol–water partition coefficient (Wildman–Crippen LogP) is 4.22. The molecule has 0 aromatic heterocycles. The Balaban J connectivity index is 2.11. The maximum absolute atomic E-state index is 12.4. The van der Waals surface area contributed by atoms with Crippen LogP contribution in [0.3, 0.4) is 0 Å². The summed E-state index contributed by atoms with van der Waals surface area (Å²) < 4.78 is 16.2. The lowest BCUT2D eigenvalue weighted by Crippen LogP contribution is -2.24. The molecule has 138 valence electrons. The lowest BCUT2D eigenvalue weighted by Gasteiger charge is -2.15. The molecule has 2 aromatic carbocycles. The highest BCUT2D eigenvalue weighted by Crippen LogP contribution is 2.29. The van der Waals surface area contributed by atoms with Crippen molar-refractivity contribution in [1.29, 1.82) is 0 Å². The first kappa shape index (κ1) is 19.5. The van der Waals surface area contributed by atoms with Crippen molar-refractivity contribution >= 4 is 11.8 Å². The average Bonchev–Trinajstić information content (AvgIpc) is 2.61. The van der Waals surface area contributed by atoms with E-state index in [1.54, 1.807) is 37.3 Å². The van der Waals surface area contributed by atoms with Gasteiger partial charge in [0, 0.05) is 5.56 Å². The Hall–Kier alpha value is -2.82. The van der Waals surface area contributed by atoms with Gasteiger partial charge in [0.05, 0.1) is 18.8 Å². The standard InChI is InChI=1S/C21H24O5/c1-13(2)25-18-11-10-17(12-19(18)24-5)21(23)26-15(4)20(22)16-8-6-14(3)7-9-16/h6-13,15H,1-5H3. The highest BCUT2D eigenvalue weighted by Gasteiger charge is 2.21. The van der Waals surface area contributed by atoms with Gasteiger partial charge in [-0.05, 0) is 45.9 Å². The quantitative estimate of drug-likeness (QED) is 0.549. The minimum absolute atomic E-state index is 0.0196. The second kappa shape index (κ2) is 8.52. The topological polar surface area (TPSA) is 61.8 Å². The Morgan fingerprint density at radius 3 is 2.08 bits per heavy atom. The SMILES string of the molecule is COc1cc(C(=O)OC(C)C(=O)c2ccc(C)cc2)ccc1OC(C)C. The first-order chi connectivity index (χ1) is 12.3. The van der Waals surface area contributed by atoms with Gasteiger partial charge >= 0.3 is 5.97 Å². The van der Waals surface area contributed by atoms with Gasteiger partial charge in [-0.2, -0.15) is 0 Å². The van der Waals surface area contributed by atoms with Gasteiger partial charge in [-0.15, -0.1) is 0 Å². The first-order valence-corrected chi connectivity index (χ1v) is 8.48.